The fraction of sp³-hybridized carbons (Fsp3) is 0.647. The Balaban J connectivity index is 2.19. The minimum Gasteiger partial charge on any atom is -0.313 e. The van der Waals surface area contributed by atoms with E-state index in [-0.39, 0.29) is 0 Å². The van der Waals surface area contributed by atoms with Crippen molar-refractivity contribution in [1.29, 1.82) is 0 Å². The van der Waals surface area contributed by atoms with Crippen molar-refractivity contribution < 1.29 is 0 Å². The fourth-order valence-electron chi connectivity index (χ4n) is 3.16. The Morgan fingerprint density at radius 1 is 1.17 bits per heavy atom. The highest BCUT2D eigenvalue weighted by molar-refractivity contribution is 5.34. The number of hydrogen-bond acceptors (Lipinski definition) is 1. The minimum atomic E-state index is 0.422. The lowest BCUT2D eigenvalue weighted by atomic mass is 9.80. The Hall–Kier alpha value is -0.820. The first-order valence-electron chi connectivity index (χ1n) is 7.53. The van der Waals surface area contributed by atoms with E-state index < -0.39 is 0 Å². The molecule has 0 heterocycles. The van der Waals surface area contributed by atoms with E-state index in [9.17, 15) is 0 Å². The highest BCUT2D eigenvalue weighted by atomic mass is 15.0. The van der Waals surface area contributed by atoms with Crippen molar-refractivity contribution in [2.45, 2.75) is 57.9 Å². The highest BCUT2D eigenvalue weighted by Gasteiger charge is 2.51. The molecule has 1 fully saturated rings. The maximum atomic E-state index is 3.82. The molecule has 1 N–H and O–H groups in total. The van der Waals surface area contributed by atoms with E-state index in [1.54, 1.807) is 5.56 Å². The predicted octanol–water partition coefficient (Wildman–Crippen LogP) is 4.13. The van der Waals surface area contributed by atoms with Crippen molar-refractivity contribution >= 4 is 0 Å². The third-order valence-electron chi connectivity index (χ3n) is 4.56. The summed E-state index contributed by atoms with van der Waals surface area (Å²) in [5.74, 6) is 0.749. The molecule has 0 bridgehead atoms. The summed E-state index contributed by atoms with van der Waals surface area (Å²) in [6, 6.07) is 11.8. The summed E-state index contributed by atoms with van der Waals surface area (Å²) in [6.45, 7) is 8.11. The van der Waals surface area contributed by atoms with Crippen LogP contribution in [0, 0.1) is 5.92 Å². The molecule has 1 heteroatoms. The van der Waals surface area contributed by atoms with Gasteiger partial charge in [0.15, 0.2) is 0 Å². The zero-order valence-corrected chi connectivity index (χ0v) is 12.1. The Kier molecular flexibility index (Phi) is 4.45. The van der Waals surface area contributed by atoms with Crippen LogP contribution in [-0.4, -0.2) is 12.6 Å². The Morgan fingerprint density at radius 3 is 2.33 bits per heavy atom. The van der Waals surface area contributed by atoms with Crippen LogP contribution in [0.2, 0.25) is 0 Å². The quantitative estimate of drug-likeness (QED) is 0.761. The van der Waals surface area contributed by atoms with E-state index in [1.165, 1.54) is 25.7 Å². The molecule has 1 aromatic rings. The van der Waals surface area contributed by atoms with E-state index >= 15 is 0 Å². The number of hydrogen-bond donors (Lipinski definition) is 1. The molecular weight excluding hydrogens is 218 g/mol. The first kappa shape index (κ1) is 13.6. The summed E-state index contributed by atoms with van der Waals surface area (Å²) in [5, 5.41) is 3.82. The summed E-state index contributed by atoms with van der Waals surface area (Å²) >= 11 is 0. The Bertz CT molecular complexity index is 353. The molecule has 2 unspecified atom stereocenters. The van der Waals surface area contributed by atoms with E-state index in [0.717, 1.165) is 12.5 Å². The maximum Gasteiger partial charge on any atom is 0.0189 e. The van der Waals surface area contributed by atoms with Crippen LogP contribution in [0.1, 0.15) is 52.0 Å². The van der Waals surface area contributed by atoms with Crippen molar-refractivity contribution in [3.63, 3.8) is 0 Å². The number of benzene rings is 1. The van der Waals surface area contributed by atoms with Gasteiger partial charge in [0.05, 0.1) is 0 Å². The molecule has 1 saturated carbocycles. The van der Waals surface area contributed by atoms with Crippen LogP contribution in [0.15, 0.2) is 30.3 Å². The third kappa shape index (κ3) is 2.61. The van der Waals surface area contributed by atoms with Crippen LogP contribution in [0.5, 0.6) is 0 Å². The van der Waals surface area contributed by atoms with Gasteiger partial charge in [0.2, 0.25) is 0 Å². The molecule has 0 radical (unpaired) electrons. The topological polar surface area (TPSA) is 12.0 Å². The zero-order chi connectivity index (χ0) is 13.0. The second-order valence-corrected chi connectivity index (χ2v) is 5.84. The highest BCUT2D eigenvalue weighted by Crippen LogP contribution is 2.53. The van der Waals surface area contributed by atoms with Gasteiger partial charge in [-0.3, -0.25) is 0 Å². The van der Waals surface area contributed by atoms with Gasteiger partial charge in [-0.05, 0) is 37.3 Å². The SMILES string of the molecule is CCCNC(C(C)CC)C1(c2ccccc2)CC1. The Morgan fingerprint density at radius 2 is 1.83 bits per heavy atom. The molecule has 0 aliphatic heterocycles. The fourth-order valence-corrected chi connectivity index (χ4v) is 3.16. The van der Waals surface area contributed by atoms with Gasteiger partial charge >= 0.3 is 0 Å². The summed E-state index contributed by atoms with van der Waals surface area (Å²) in [6.07, 6.45) is 5.18. The van der Waals surface area contributed by atoms with E-state index in [0.29, 0.717) is 11.5 Å². The van der Waals surface area contributed by atoms with Crippen LogP contribution >= 0.6 is 0 Å². The molecule has 0 amide bonds. The van der Waals surface area contributed by atoms with Gasteiger partial charge in [-0.25, -0.2) is 0 Å². The average molecular weight is 245 g/mol. The predicted molar refractivity (Wildman–Crippen MR) is 78.9 cm³/mol. The summed E-state index contributed by atoms with van der Waals surface area (Å²) in [4.78, 5) is 0. The van der Waals surface area contributed by atoms with E-state index in [4.69, 9.17) is 0 Å². The van der Waals surface area contributed by atoms with Crippen molar-refractivity contribution in [3.05, 3.63) is 35.9 Å². The molecule has 1 aliphatic carbocycles. The molecule has 1 aromatic carbocycles. The second-order valence-electron chi connectivity index (χ2n) is 5.84. The van der Waals surface area contributed by atoms with Gasteiger partial charge in [-0.15, -0.1) is 0 Å². The van der Waals surface area contributed by atoms with Crippen LogP contribution in [0.3, 0.4) is 0 Å². The van der Waals surface area contributed by atoms with Gasteiger partial charge in [0.1, 0.15) is 0 Å². The molecule has 2 atom stereocenters. The standard InChI is InChI=1S/C17H27N/c1-4-13-18-16(14(3)5-2)17(11-12-17)15-9-7-6-8-10-15/h6-10,14,16,18H,4-5,11-13H2,1-3H3. The lowest BCUT2D eigenvalue weighted by molar-refractivity contribution is 0.302. The lowest BCUT2D eigenvalue weighted by Gasteiger charge is -2.33. The van der Waals surface area contributed by atoms with E-state index in [1.807, 2.05) is 0 Å². The Labute approximate surface area is 112 Å². The smallest absolute Gasteiger partial charge is 0.0189 e. The minimum absolute atomic E-state index is 0.422. The molecule has 0 saturated heterocycles. The zero-order valence-electron chi connectivity index (χ0n) is 12.1. The van der Waals surface area contributed by atoms with Gasteiger partial charge in [0, 0.05) is 11.5 Å². The second kappa shape index (κ2) is 5.88. The molecule has 18 heavy (non-hydrogen) atoms. The molecular formula is C17H27N. The molecule has 1 nitrogen and oxygen atoms in total. The molecule has 2 rings (SSSR count). The molecule has 0 spiro atoms. The maximum absolute atomic E-state index is 3.82. The summed E-state index contributed by atoms with van der Waals surface area (Å²) < 4.78 is 0. The monoisotopic (exact) mass is 245 g/mol. The summed E-state index contributed by atoms with van der Waals surface area (Å²) in [7, 11) is 0. The van der Waals surface area contributed by atoms with Crippen molar-refractivity contribution in [3.8, 4) is 0 Å². The van der Waals surface area contributed by atoms with Gasteiger partial charge in [-0.1, -0.05) is 57.5 Å². The lowest BCUT2D eigenvalue weighted by Crippen LogP contribution is -2.45. The van der Waals surface area contributed by atoms with Crippen LogP contribution in [0.4, 0.5) is 0 Å². The third-order valence-corrected chi connectivity index (χ3v) is 4.56. The molecule has 0 aromatic heterocycles. The molecule has 100 valence electrons. The largest absolute Gasteiger partial charge is 0.313 e. The summed E-state index contributed by atoms with van der Waals surface area (Å²) in [5.41, 5.74) is 1.96. The first-order valence-corrected chi connectivity index (χ1v) is 7.53. The normalized spacial score (nSPS) is 20.4. The first-order chi connectivity index (χ1) is 8.74. The molecule has 1 aliphatic rings. The van der Waals surface area contributed by atoms with Crippen LogP contribution < -0.4 is 5.32 Å². The number of rotatable bonds is 7. The van der Waals surface area contributed by atoms with Crippen molar-refractivity contribution in [2.75, 3.05) is 6.54 Å². The van der Waals surface area contributed by atoms with E-state index in [2.05, 4.69) is 56.4 Å². The van der Waals surface area contributed by atoms with Crippen LogP contribution in [-0.2, 0) is 5.41 Å². The van der Waals surface area contributed by atoms with Gasteiger partial charge < -0.3 is 5.32 Å². The van der Waals surface area contributed by atoms with Gasteiger partial charge in [-0.2, -0.15) is 0 Å². The number of nitrogens with one attached hydrogen (secondary N) is 1. The average Bonchev–Trinajstić information content (AvgIpc) is 3.21. The van der Waals surface area contributed by atoms with Crippen molar-refractivity contribution in [2.24, 2.45) is 5.92 Å². The van der Waals surface area contributed by atoms with Crippen LogP contribution in [0.25, 0.3) is 0 Å². The van der Waals surface area contributed by atoms with Gasteiger partial charge in [0.25, 0.3) is 0 Å². The van der Waals surface area contributed by atoms with Crippen molar-refractivity contribution in [1.82, 2.24) is 5.32 Å².